The number of ketones is 1. The molecule has 2 rings (SSSR count). The van der Waals surface area contributed by atoms with Gasteiger partial charge in [-0.2, -0.15) is 0 Å². The van der Waals surface area contributed by atoms with Gasteiger partial charge in [0.1, 0.15) is 5.78 Å². The van der Waals surface area contributed by atoms with Gasteiger partial charge in [-0.15, -0.1) is 0 Å². The number of rotatable bonds is 2. The Hall–Kier alpha value is -0.450. The van der Waals surface area contributed by atoms with Gasteiger partial charge in [0.2, 0.25) is 0 Å². The summed E-state index contributed by atoms with van der Waals surface area (Å²) < 4.78 is 10.9. The lowest BCUT2D eigenvalue weighted by Gasteiger charge is -2.43. The Balaban J connectivity index is 1.94. The summed E-state index contributed by atoms with van der Waals surface area (Å²) in [5.74, 6) is 0.416. The molecule has 2 aliphatic heterocycles. The highest BCUT2D eigenvalue weighted by Crippen LogP contribution is 2.22. The molecule has 0 saturated carbocycles. The number of ether oxygens (including phenoxy) is 2. The van der Waals surface area contributed by atoms with Crippen molar-refractivity contribution in [3.05, 3.63) is 0 Å². The van der Waals surface area contributed by atoms with Crippen LogP contribution in [0.25, 0.3) is 0 Å². The van der Waals surface area contributed by atoms with Crippen LogP contribution in [0, 0.1) is 5.92 Å². The van der Waals surface area contributed by atoms with Crippen molar-refractivity contribution in [3.8, 4) is 0 Å². The van der Waals surface area contributed by atoms with Crippen molar-refractivity contribution in [1.29, 1.82) is 0 Å². The smallest absolute Gasteiger partial charge is 0.141 e. The Labute approximate surface area is 96.9 Å². The molecule has 16 heavy (non-hydrogen) atoms. The van der Waals surface area contributed by atoms with E-state index in [4.69, 9.17) is 9.47 Å². The first kappa shape index (κ1) is 12.0. The second-order valence-corrected chi connectivity index (χ2v) is 5.30. The first-order valence-electron chi connectivity index (χ1n) is 6.03. The van der Waals surface area contributed by atoms with Crippen molar-refractivity contribution < 1.29 is 14.3 Å². The van der Waals surface area contributed by atoms with Crippen molar-refractivity contribution >= 4 is 5.78 Å². The molecule has 1 atom stereocenters. The molecule has 1 unspecified atom stereocenters. The fourth-order valence-electron chi connectivity index (χ4n) is 2.35. The molecule has 0 bridgehead atoms. The van der Waals surface area contributed by atoms with Crippen LogP contribution in [0.15, 0.2) is 0 Å². The van der Waals surface area contributed by atoms with Crippen LogP contribution in [0.2, 0.25) is 0 Å². The van der Waals surface area contributed by atoms with Gasteiger partial charge in [-0.25, -0.2) is 0 Å². The molecule has 2 fully saturated rings. The largest absolute Gasteiger partial charge is 0.380 e. The monoisotopic (exact) mass is 227 g/mol. The Bertz CT molecular complexity index is 265. The maximum Gasteiger partial charge on any atom is 0.141 e. The lowest BCUT2D eigenvalue weighted by atomic mass is 9.95. The van der Waals surface area contributed by atoms with E-state index in [0.29, 0.717) is 25.4 Å². The number of morpholine rings is 1. The maximum absolute atomic E-state index is 11.7. The molecular weight excluding hydrogens is 206 g/mol. The van der Waals surface area contributed by atoms with Crippen molar-refractivity contribution in [3.63, 3.8) is 0 Å². The molecule has 0 aromatic rings. The lowest BCUT2D eigenvalue weighted by Crippen LogP contribution is -2.55. The number of nitrogens with zero attached hydrogens (tertiary/aromatic N) is 1. The average molecular weight is 227 g/mol. The van der Waals surface area contributed by atoms with Crippen LogP contribution in [0.5, 0.6) is 0 Å². The molecule has 2 saturated heterocycles. The van der Waals surface area contributed by atoms with E-state index in [2.05, 4.69) is 18.7 Å². The van der Waals surface area contributed by atoms with Gasteiger partial charge in [0.15, 0.2) is 0 Å². The summed E-state index contributed by atoms with van der Waals surface area (Å²) >= 11 is 0. The van der Waals surface area contributed by atoms with E-state index in [1.54, 1.807) is 0 Å². The van der Waals surface area contributed by atoms with Gasteiger partial charge in [-0.1, -0.05) is 0 Å². The van der Waals surface area contributed by atoms with E-state index < -0.39 is 0 Å². The van der Waals surface area contributed by atoms with Crippen LogP contribution in [0.3, 0.4) is 0 Å². The summed E-state index contributed by atoms with van der Waals surface area (Å²) in [6.07, 6.45) is 0.579. The van der Waals surface area contributed by atoms with Gasteiger partial charge in [0.25, 0.3) is 0 Å². The molecule has 0 aliphatic carbocycles. The van der Waals surface area contributed by atoms with Crippen molar-refractivity contribution in [2.45, 2.75) is 25.8 Å². The van der Waals surface area contributed by atoms with Crippen molar-refractivity contribution in [2.75, 3.05) is 39.5 Å². The minimum Gasteiger partial charge on any atom is -0.380 e. The minimum atomic E-state index is 0.0377. The van der Waals surface area contributed by atoms with Gasteiger partial charge in [-0.3, -0.25) is 9.69 Å². The van der Waals surface area contributed by atoms with Gasteiger partial charge >= 0.3 is 0 Å². The molecule has 0 amide bonds. The Morgan fingerprint density at radius 3 is 2.88 bits per heavy atom. The summed E-state index contributed by atoms with van der Waals surface area (Å²) in [6.45, 7) is 8.76. The van der Waals surface area contributed by atoms with Gasteiger partial charge in [0, 0.05) is 25.0 Å². The summed E-state index contributed by atoms with van der Waals surface area (Å²) in [5.41, 5.74) is 0.0377. The minimum absolute atomic E-state index is 0.0377. The molecule has 92 valence electrons. The predicted molar refractivity (Wildman–Crippen MR) is 60.4 cm³/mol. The molecule has 2 heterocycles. The number of hydrogen-bond acceptors (Lipinski definition) is 4. The standard InChI is InChI=1S/C12H21NO3/c1-12(2)9-16-6-4-13(12)7-10-8-15-5-3-11(10)14/h10H,3-9H2,1-2H3. The highest BCUT2D eigenvalue weighted by atomic mass is 16.5. The number of carbonyl (C=O) groups is 1. The molecule has 4 heteroatoms. The third-order valence-electron chi connectivity index (χ3n) is 3.52. The third kappa shape index (κ3) is 2.62. The van der Waals surface area contributed by atoms with E-state index >= 15 is 0 Å². The number of Topliss-reactive ketones (excluding diaryl/α,β-unsaturated/α-hetero) is 1. The average Bonchev–Trinajstić information content (AvgIpc) is 2.24. The molecule has 0 radical (unpaired) electrons. The van der Waals surface area contributed by atoms with E-state index in [1.165, 1.54) is 0 Å². The van der Waals surface area contributed by atoms with Gasteiger partial charge in [0.05, 0.1) is 32.3 Å². The second kappa shape index (κ2) is 4.82. The van der Waals surface area contributed by atoms with E-state index in [9.17, 15) is 4.79 Å². The molecule has 0 N–H and O–H groups in total. The maximum atomic E-state index is 11.7. The zero-order valence-electron chi connectivity index (χ0n) is 10.2. The second-order valence-electron chi connectivity index (χ2n) is 5.30. The van der Waals surface area contributed by atoms with E-state index in [1.807, 2.05) is 0 Å². The zero-order chi connectivity index (χ0) is 11.6. The van der Waals surface area contributed by atoms with Gasteiger partial charge < -0.3 is 9.47 Å². The fourth-order valence-corrected chi connectivity index (χ4v) is 2.35. The zero-order valence-corrected chi connectivity index (χ0v) is 10.2. The van der Waals surface area contributed by atoms with E-state index in [-0.39, 0.29) is 11.5 Å². The molecule has 2 aliphatic rings. The summed E-state index contributed by atoms with van der Waals surface area (Å²) in [6, 6.07) is 0. The van der Waals surface area contributed by atoms with Crippen LogP contribution in [0.4, 0.5) is 0 Å². The van der Waals surface area contributed by atoms with Crippen LogP contribution < -0.4 is 0 Å². The third-order valence-corrected chi connectivity index (χ3v) is 3.52. The molecule has 0 spiro atoms. The SMILES string of the molecule is CC1(C)COCCN1CC1COCCC1=O. The van der Waals surface area contributed by atoms with Crippen LogP contribution in [-0.4, -0.2) is 55.7 Å². The lowest BCUT2D eigenvalue weighted by molar-refractivity contribution is -0.134. The molecule has 0 aromatic heterocycles. The normalized spacial score (nSPS) is 31.6. The first-order chi connectivity index (χ1) is 7.59. The summed E-state index contributed by atoms with van der Waals surface area (Å²) in [5, 5.41) is 0. The fraction of sp³-hybridized carbons (Fsp3) is 0.917. The van der Waals surface area contributed by atoms with Crippen LogP contribution in [0.1, 0.15) is 20.3 Å². The Morgan fingerprint density at radius 2 is 2.19 bits per heavy atom. The van der Waals surface area contributed by atoms with Gasteiger partial charge in [-0.05, 0) is 13.8 Å². The Kier molecular flexibility index (Phi) is 3.62. The number of hydrogen-bond donors (Lipinski definition) is 0. The van der Waals surface area contributed by atoms with Crippen molar-refractivity contribution in [1.82, 2.24) is 4.90 Å². The number of carbonyl (C=O) groups excluding carboxylic acids is 1. The highest BCUT2D eigenvalue weighted by molar-refractivity contribution is 5.82. The van der Waals surface area contributed by atoms with Crippen molar-refractivity contribution in [2.24, 2.45) is 5.92 Å². The molecule has 4 nitrogen and oxygen atoms in total. The van der Waals surface area contributed by atoms with Crippen LogP contribution >= 0.6 is 0 Å². The first-order valence-corrected chi connectivity index (χ1v) is 6.03. The summed E-state index contributed by atoms with van der Waals surface area (Å²) in [4.78, 5) is 14.1. The van der Waals surface area contributed by atoms with E-state index in [0.717, 1.165) is 26.3 Å². The predicted octanol–water partition coefficient (Wildman–Crippen LogP) is 0.703. The molecule has 0 aromatic carbocycles. The molecular formula is C12H21NO3. The summed E-state index contributed by atoms with van der Waals surface area (Å²) in [7, 11) is 0. The Morgan fingerprint density at radius 1 is 1.38 bits per heavy atom. The van der Waals surface area contributed by atoms with Crippen LogP contribution in [-0.2, 0) is 14.3 Å². The highest BCUT2D eigenvalue weighted by Gasteiger charge is 2.34. The topological polar surface area (TPSA) is 38.8 Å². The quantitative estimate of drug-likeness (QED) is 0.696.